The molecule has 0 heterocycles. The first-order valence-corrected chi connectivity index (χ1v) is 5.61. The molecule has 0 spiro atoms. The van der Waals surface area contributed by atoms with Crippen molar-refractivity contribution in [1.82, 2.24) is 0 Å². The Morgan fingerprint density at radius 3 is 2.11 bits per heavy atom. The van der Waals surface area contributed by atoms with Crippen LogP contribution in [0.2, 0.25) is 0 Å². The van der Waals surface area contributed by atoms with Gasteiger partial charge in [-0.15, -0.1) is 40.6 Å². The van der Waals surface area contributed by atoms with E-state index in [0.29, 0.717) is 0 Å². The van der Waals surface area contributed by atoms with Gasteiger partial charge in [-0.2, -0.15) is 6.07 Å². The average Bonchev–Trinajstić information content (AvgIpc) is 2.74. The maximum Gasteiger partial charge on any atom is 0 e. The molecule has 3 aromatic rings. The molecule has 0 amide bonds. The first-order chi connectivity index (χ1) is 7.93. The zero-order valence-electron chi connectivity index (χ0n) is 11.6. The van der Waals surface area contributed by atoms with Crippen LogP contribution in [0, 0.1) is 14.9 Å². The first kappa shape index (κ1) is 17.9. The van der Waals surface area contributed by atoms with Gasteiger partial charge in [0.05, 0.1) is 0 Å². The second kappa shape index (κ2) is 8.16. The number of rotatable bonds is 2. The van der Waals surface area contributed by atoms with E-state index in [-0.39, 0.29) is 40.7 Å². The summed E-state index contributed by atoms with van der Waals surface area (Å²) in [5.41, 5.74) is 2.79. The average molecular weight is 414 g/mol. The molecule has 1 heteroatoms. The molecule has 3 rings (SSSR count). The largest absolute Gasteiger partial charge is 0.358 e. The van der Waals surface area contributed by atoms with Gasteiger partial charge in [-0.05, 0) is 6.42 Å². The van der Waals surface area contributed by atoms with Gasteiger partial charge in [-0.25, -0.2) is 0 Å². The van der Waals surface area contributed by atoms with E-state index >= 15 is 0 Å². The van der Waals surface area contributed by atoms with Crippen LogP contribution < -0.4 is 0 Å². The van der Waals surface area contributed by atoms with E-state index in [2.05, 4.69) is 66.7 Å². The zero-order chi connectivity index (χ0) is 10.8. The molecule has 0 unspecified atom stereocenters. The third kappa shape index (κ3) is 3.94. The quantitative estimate of drug-likeness (QED) is 0.407. The van der Waals surface area contributed by atoms with Crippen molar-refractivity contribution < 1.29 is 25.8 Å². The van der Waals surface area contributed by atoms with E-state index in [1.807, 2.05) is 0 Å². The predicted octanol–water partition coefficient (Wildman–Crippen LogP) is 5.05. The summed E-state index contributed by atoms with van der Waals surface area (Å²) in [7, 11) is 0. The summed E-state index contributed by atoms with van der Waals surface area (Å²) >= 11 is 0. The molecule has 3 aromatic carbocycles. The van der Waals surface area contributed by atoms with Crippen molar-refractivity contribution in [2.75, 3.05) is 0 Å². The van der Waals surface area contributed by atoms with Gasteiger partial charge in [-0.3, -0.25) is 0 Å². The van der Waals surface area contributed by atoms with Crippen molar-refractivity contribution in [2.24, 2.45) is 0 Å². The third-order valence-corrected chi connectivity index (χ3v) is 3.01. The molecule has 0 aliphatic heterocycles. The SMILES string of the molecule is [CH3-].[CH3-].[Hf].c1ccc(C[c-]2ccc3ccccc32)cc1. The second-order valence-corrected chi connectivity index (χ2v) is 4.11. The number of fused-ring (bicyclic) bond motifs is 1. The zero-order valence-corrected chi connectivity index (χ0v) is 15.2. The summed E-state index contributed by atoms with van der Waals surface area (Å²) < 4.78 is 0. The Morgan fingerprint density at radius 1 is 0.737 bits per heavy atom. The van der Waals surface area contributed by atoms with E-state index in [4.69, 9.17) is 0 Å². The molecule has 0 saturated heterocycles. The molecule has 98 valence electrons. The van der Waals surface area contributed by atoms with Crippen LogP contribution in [-0.2, 0) is 32.3 Å². The monoisotopic (exact) mass is 415 g/mol. The van der Waals surface area contributed by atoms with Gasteiger partial charge in [-0.1, -0.05) is 42.0 Å². The minimum absolute atomic E-state index is 0. The number of benzene rings is 2. The van der Waals surface area contributed by atoms with Crippen molar-refractivity contribution >= 4 is 10.8 Å². The Hall–Kier alpha value is -1.08. The fourth-order valence-electron chi connectivity index (χ4n) is 2.18. The molecular formula is C18H19Hf-3. The van der Waals surface area contributed by atoms with E-state index in [9.17, 15) is 0 Å². The van der Waals surface area contributed by atoms with Crippen LogP contribution in [0.25, 0.3) is 10.8 Å². The normalized spacial score (nSPS) is 9.05. The summed E-state index contributed by atoms with van der Waals surface area (Å²) in [4.78, 5) is 0. The van der Waals surface area contributed by atoms with Crippen molar-refractivity contribution in [3.63, 3.8) is 0 Å². The minimum Gasteiger partial charge on any atom is -0.358 e. The summed E-state index contributed by atoms with van der Waals surface area (Å²) in [6.45, 7) is 0. The summed E-state index contributed by atoms with van der Waals surface area (Å²) in [6.07, 6.45) is 1.02. The molecule has 0 aliphatic rings. The van der Waals surface area contributed by atoms with Crippen LogP contribution in [0.15, 0.2) is 66.7 Å². The Balaban J connectivity index is 0.00000108. The number of hydrogen-bond acceptors (Lipinski definition) is 0. The molecule has 0 aliphatic carbocycles. The molecular weight excluding hydrogens is 395 g/mol. The molecule has 0 saturated carbocycles. The third-order valence-electron chi connectivity index (χ3n) is 3.01. The standard InChI is InChI=1S/C16H13.2CH3.Hf/c1-2-6-13(7-3-1)12-15-11-10-14-8-4-5-9-16(14)15;;;/h1-11H,12H2;2*1H3;/q3*-1;. The molecule has 19 heavy (non-hydrogen) atoms. The van der Waals surface area contributed by atoms with Gasteiger partial charge in [0.1, 0.15) is 0 Å². The second-order valence-electron chi connectivity index (χ2n) is 4.11. The van der Waals surface area contributed by atoms with Gasteiger partial charge >= 0.3 is 0 Å². The Kier molecular flexibility index (Phi) is 7.70. The van der Waals surface area contributed by atoms with Crippen LogP contribution in [0.5, 0.6) is 0 Å². The maximum atomic E-state index is 2.23. The molecule has 0 nitrogen and oxygen atoms in total. The van der Waals surface area contributed by atoms with Crippen molar-refractivity contribution in [3.05, 3.63) is 92.7 Å². The van der Waals surface area contributed by atoms with Crippen molar-refractivity contribution in [3.8, 4) is 0 Å². The van der Waals surface area contributed by atoms with E-state index in [0.717, 1.165) is 6.42 Å². The van der Waals surface area contributed by atoms with Crippen molar-refractivity contribution in [1.29, 1.82) is 0 Å². The van der Waals surface area contributed by atoms with Gasteiger partial charge < -0.3 is 14.9 Å². The van der Waals surface area contributed by atoms with Crippen molar-refractivity contribution in [2.45, 2.75) is 6.42 Å². The van der Waals surface area contributed by atoms with Crippen LogP contribution in [0.3, 0.4) is 0 Å². The minimum atomic E-state index is 0. The Morgan fingerprint density at radius 2 is 1.37 bits per heavy atom. The maximum absolute atomic E-state index is 2.23. The molecule has 0 aromatic heterocycles. The predicted molar refractivity (Wildman–Crippen MR) is 81.6 cm³/mol. The van der Waals surface area contributed by atoms with Crippen LogP contribution in [0.1, 0.15) is 11.1 Å². The van der Waals surface area contributed by atoms with Gasteiger partial charge in [0.2, 0.25) is 0 Å². The van der Waals surface area contributed by atoms with Crippen LogP contribution in [-0.4, -0.2) is 0 Å². The summed E-state index contributed by atoms with van der Waals surface area (Å²) in [5.74, 6) is 0. The smallest absolute Gasteiger partial charge is 0 e. The molecule has 0 bridgehead atoms. The van der Waals surface area contributed by atoms with Crippen LogP contribution >= 0.6 is 0 Å². The fraction of sp³-hybridized carbons (Fsp3) is 0.0556. The summed E-state index contributed by atoms with van der Waals surface area (Å²) in [6, 6.07) is 23.6. The Bertz CT molecular complexity index is 593. The van der Waals surface area contributed by atoms with E-state index in [1.165, 1.54) is 21.9 Å². The Labute approximate surface area is 135 Å². The van der Waals surface area contributed by atoms with Crippen LogP contribution in [0.4, 0.5) is 0 Å². The number of hydrogen-bond donors (Lipinski definition) is 0. The van der Waals surface area contributed by atoms with Gasteiger partial charge in [0.15, 0.2) is 0 Å². The topological polar surface area (TPSA) is 0 Å². The first-order valence-electron chi connectivity index (χ1n) is 5.61. The van der Waals surface area contributed by atoms with E-state index < -0.39 is 0 Å². The summed E-state index contributed by atoms with van der Waals surface area (Å²) in [5, 5.41) is 2.72. The molecule has 0 N–H and O–H groups in total. The van der Waals surface area contributed by atoms with E-state index in [1.54, 1.807) is 0 Å². The fourth-order valence-corrected chi connectivity index (χ4v) is 2.18. The van der Waals surface area contributed by atoms with Gasteiger partial charge in [0, 0.05) is 25.8 Å². The molecule has 0 fully saturated rings. The molecule has 0 atom stereocenters. The molecule has 0 radical (unpaired) electrons. The van der Waals surface area contributed by atoms with Gasteiger partial charge in [0.25, 0.3) is 0 Å².